The minimum atomic E-state index is 0.617. The molecule has 0 aliphatic heterocycles. The van der Waals surface area contributed by atoms with Crippen LogP contribution in [-0.4, -0.2) is 17.6 Å². The molecule has 2 nitrogen and oxygen atoms in total. The number of pyridine rings is 1. The van der Waals surface area contributed by atoms with Gasteiger partial charge in [0, 0.05) is 23.9 Å². The Balaban J connectivity index is 1.86. The second kappa shape index (κ2) is 5.62. The van der Waals surface area contributed by atoms with Crippen LogP contribution in [0.1, 0.15) is 56.7 Å². The molecule has 2 heteroatoms. The van der Waals surface area contributed by atoms with Crippen molar-refractivity contribution in [3.05, 3.63) is 29.6 Å². The van der Waals surface area contributed by atoms with Crippen LogP contribution in [0.3, 0.4) is 0 Å². The van der Waals surface area contributed by atoms with Gasteiger partial charge in [0.05, 0.1) is 0 Å². The predicted molar refractivity (Wildman–Crippen MR) is 79.3 cm³/mol. The summed E-state index contributed by atoms with van der Waals surface area (Å²) in [5.41, 5.74) is 2.87. The molecule has 1 saturated carbocycles. The fourth-order valence-corrected chi connectivity index (χ4v) is 3.84. The Morgan fingerprint density at radius 1 is 1.37 bits per heavy atom. The lowest BCUT2D eigenvalue weighted by molar-refractivity contribution is 0.278. The highest BCUT2D eigenvalue weighted by molar-refractivity contribution is 5.27. The molecule has 0 bridgehead atoms. The van der Waals surface area contributed by atoms with Crippen LogP contribution in [0.2, 0.25) is 0 Å². The molecule has 1 aromatic heterocycles. The molecular formula is C17H26N2. The van der Waals surface area contributed by atoms with E-state index in [4.69, 9.17) is 4.98 Å². The lowest BCUT2D eigenvalue weighted by atomic mass is 9.76. The number of rotatable bonds is 5. The second-order valence-corrected chi connectivity index (χ2v) is 6.33. The van der Waals surface area contributed by atoms with E-state index in [0.717, 1.165) is 18.4 Å². The van der Waals surface area contributed by atoms with Crippen LogP contribution >= 0.6 is 0 Å². The molecule has 1 heterocycles. The summed E-state index contributed by atoms with van der Waals surface area (Å²) in [7, 11) is 0. The number of hydrogen-bond acceptors (Lipinski definition) is 2. The van der Waals surface area contributed by atoms with Crippen LogP contribution in [0.15, 0.2) is 18.3 Å². The maximum Gasteiger partial charge on any atom is 0.0482 e. The first-order valence-electron chi connectivity index (χ1n) is 7.98. The number of nitrogens with one attached hydrogen (secondary N) is 1. The standard InChI is InChI=1S/C17H26N2/c1-3-18-16(12(2)13-9-10-13)15-8-4-6-14-7-5-11-19-17(14)15/h5,7,11-13,15-16,18H,3-4,6,8-10H2,1-2H3. The summed E-state index contributed by atoms with van der Waals surface area (Å²) < 4.78 is 0. The van der Waals surface area contributed by atoms with Crippen LogP contribution in [0.4, 0.5) is 0 Å². The maximum absolute atomic E-state index is 4.73. The van der Waals surface area contributed by atoms with Crippen molar-refractivity contribution in [2.75, 3.05) is 6.54 Å². The van der Waals surface area contributed by atoms with E-state index in [1.165, 1.54) is 43.4 Å². The van der Waals surface area contributed by atoms with Gasteiger partial charge in [-0.3, -0.25) is 4.98 Å². The first kappa shape index (κ1) is 13.1. The Morgan fingerprint density at radius 2 is 2.21 bits per heavy atom. The number of hydrogen-bond donors (Lipinski definition) is 1. The van der Waals surface area contributed by atoms with Gasteiger partial charge in [0.15, 0.2) is 0 Å². The number of likely N-dealkylation sites (N-methyl/N-ethyl adjacent to an activating group) is 1. The zero-order chi connectivity index (χ0) is 13.2. The van der Waals surface area contributed by atoms with E-state index < -0.39 is 0 Å². The van der Waals surface area contributed by atoms with Crippen molar-refractivity contribution in [2.24, 2.45) is 11.8 Å². The van der Waals surface area contributed by atoms with Crippen molar-refractivity contribution in [3.8, 4) is 0 Å². The Bertz CT molecular complexity index is 425. The topological polar surface area (TPSA) is 24.9 Å². The molecule has 3 rings (SSSR count). The van der Waals surface area contributed by atoms with E-state index in [1.54, 1.807) is 0 Å². The average Bonchev–Trinajstić information content (AvgIpc) is 3.28. The number of aromatic nitrogens is 1. The van der Waals surface area contributed by atoms with Gasteiger partial charge in [-0.25, -0.2) is 0 Å². The minimum absolute atomic E-state index is 0.617. The monoisotopic (exact) mass is 258 g/mol. The van der Waals surface area contributed by atoms with Gasteiger partial charge < -0.3 is 5.32 Å². The van der Waals surface area contributed by atoms with Crippen LogP contribution in [0, 0.1) is 11.8 Å². The molecule has 2 aliphatic carbocycles. The molecule has 1 aromatic rings. The minimum Gasteiger partial charge on any atom is -0.313 e. The quantitative estimate of drug-likeness (QED) is 0.874. The summed E-state index contributed by atoms with van der Waals surface area (Å²) in [4.78, 5) is 4.73. The van der Waals surface area contributed by atoms with Gasteiger partial charge in [-0.1, -0.05) is 19.9 Å². The van der Waals surface area contributed by atoms with Gasteiger partial charge in [0.25, 0.3) is 0 Å². The molecule has 104 valence electrons. The fraction of sp³-hybridized carbons (Fsp3) is 0.706. The lowest BCUT2D eigenvalue weighted by Gasteiger charge is -2.35. The highest BCUT2D eigenvalue weighted by Gasteiger charge is 2.38. The van der Waals surface area contributed by atoms with E-state index in [1.807, 2.05) is 6.20 Å². The zero-order valence-electron chi connectivity index (χ0n) is 12.2. The van der Waals surface area contributed by atoms with Crippen molar-refractivity contribution >= 4 is 0 Å². The molecular weight excluding hydrogens is 232 g/mol. The molecule has 0 radical (unpaired) electrons. The number of nitrogens with zero attached hydrogens (tertiary/aromatic N) is 1. The van der Waals surface area contributed by atoms with Crippen molar-refractivity contribution in [1.29, 1.82) is 0 Å². The smallest absolute Gasteiger partial charge is 0.0482 e. The largest absolute Gasteiger partial charge is 0.313 e. The molecule has 3 unspecified atom stereocenters. The Morgan fingerprint density at radius 3 is 2.95 bits per heavy atom. The Hall–Kier alpha value is -0.890. The normalized spacial score (nSPS) is 25.7. The lowest BCUT2D eigenvalue weighted by Crippen LogP contribution is -2.42. The molecule has 1 fully saturated rings. The molecule has 1 N–H and O–H groups in total. The van der Waals surface area contributed by atoms with Crippen LogP contribution in [-0.2, 0) is 6.42 Å². The fourth-order valence-electron chi connectivity index (χ4n) is 3.84. The van der Waals surface area contributed by atoms with E-state index in [0.29, 0.717) is 12.0 Å². The third-order valence-electron chi connectivity index (χ3n) is 5.04. The van der Waals surface area contributed by atoms with Crippen molar-refractivity contribution in [3.63, 3.8) is 0 Å². The predicted octanol–water partition coefficient (Wildman–Crippen LogP) is 3.53. The molecule has 0 aromatic carbocycles. The summed E-state index contributed by atoms with van der Waals surface area (Å²) in [6, 6.07) is 4.99. The Labute approximate surface area is 117 Å². The summed E-state index contributed by atoms with van der Waals surface area (Å²) >= 11 is 0. The van der Waals surface area contributed by atoms with E-state index in [9.17, 15) is 0 Å². The van der Waals surface area contributed by atoms with Crippen molar-refractivity contribution in [2.45, 2.75) is 57.9 Å². The van der Waals surface area contributed by atoms with Gasteiger partial charge in [-0.15, -0.1) is 0 Å². The molecule has 19 heavy (non-hydrogen) atoms. The van der Waals surface area contributed by atoms with E-state index >= 15 is 0 Å². The van der Waals surface area contributed by atoms with Crippen LogP contribution in [0.25, 0.3) is 0 Å². The first-order valence-corrected chi connectivity index (χ1v) is 7.98. The summed E-state index contributed by atoms with van der Waals surface area (Å²) in [5, 5.41) is 3.77. The zero-order valence-corrected chi connectivity index (χ0v) is 12.2. The molecule has 2 aliphatic rings. The summed E-state index contributed by atoms with van der Waals surface area (Å²) in [6.07, 6.45) is 8.69. The number of aryl methyl sites for hydroxylation is 1. The van der Waals surface area contributed by atoms with Crippen molar-refractivity contribution < 1.29 is 0 Å². The van der Waals surface area contributed by atoms with Crippen molar-refractivity contribution in [1.82, 2.24) is 10.3 Å². The van der Waals surface area contributed by atoms with Gasteiger partial charge >= 0.3 is 0 Å². The van der Waals surface area contributed by atoms with Gasteiger partial charge in [-0.05, 0) is 62.1 Å². The summed E-state index contributed by atoms with van der Waals surface area (Å²) in [5.74, 6) is 2.37. The van der Waals surface area contributed by atoms with Crippen LogP contribution < -0.4 is 5.32 Å². The van der Waals surface area contributed by atoms with Crippen LogP contribution in [0.5, 0.6) is 0 Å². The summed E-state index contributed by atoms with van der Waals surface area (Å²) in [6.45, 7) is 5.75. The highest BCUT2D eigenvalue weighted by atomic mass is 14.9. The van der Waals surface area contributed by atoms with Gasteiger partial charge in [-0.2, -0.15) is 0 Å². The third-order valence-corrected chi connectivity index (χ3v) is 5.04. The average molecular weight is 258 g/mol. The van der Waals surface area contributed by atoms with Gasteiger partial charge in [0.1, 0.15) is 0 Å². The van der Waals surface area contributed by atoms with Gasteiger partial charge in [0.2, 0.25) is 0 Å². The SMILES string of the molecule is CCNC(C1CCCc2cccnc21)C(C)C1CC1. The highest BCUT2D eigenvalue weighted by Crippen LogP contribution is 2.43. The first-order chi connectivity index (χ1) is 9.31. The Kier molecular flexibility index (Phi) is 3.88. The molecule has 0 spiro atoms. The van der Waals surface area contributed by atoms with E-state index in [-0.39, 0.29) is 0 Å². The van der Waals surface area contributed by atoms with E-state index in [2.05, 4.69) is 31.3 Å². The number of fused-ring (bicyclic) bond motifs is 1. The second-order valence-electron chi connectivity index (χ2n) is 6.33. The molecule has 0 amide bonds. The molecule has 3 atom stereocenters. The maximum atomic E-state index is 4.73. The third kappa shape index (κ3) is 2.69. The molecule has 0 saturated heterocycles.